The molecule has 1 aliphatic rings. The molecule has 1 fully saturated rings. The minimum absolute atomic E-state index is 0.145. The Hall–Kier alpha value is -1.39. The minimum Gasteiger partial charge on any atom is -0.385 e. The van der Waals surface area contributed by atoms with Gasteiger partial charge in [-0.1, -0.05) is 51.0 Å². The van der Waals surface area contributed by atoms with E-state index in [9.17, 15) is 4.79 Å². The molecule has 134 valence electrons. The summed E-state index contributed by atoms with van der Waals surface area (Å²) >= 11 is 0. The zero-order valence-corrected chi connectivity index (χ0v) is 15.3. The normalized spacial score (nSPS) is 17.9. The summed E-state index contributed by atoms with van der Waals surface area (Å²) in [6.07, 6.45) is 4.97. The van der Waals surface area contributed by atoms with Gasteiger partial charge in [-0.25, -0.2) is 0 Å². The number of carbonyl (C=O) groups is 1. The monoisotopic (exact) mass is 332 g/mol. The van der Waals surface area contributed by atoms with E-state index in [0.29, 0.717) is 19.1 Å². The van der Waals surface area contributed by atoms with Crippen LogP contribution in [0.15, 0.2) is 24.3 Å². The summed E-state index contributed by atoms with van der Waals surface area (Å²) in [4.78, 5) is 12.7. The third-order valence-electron chi connectivity index (χ3n) is 5.34. The highest BCUT2D eigenvalue weighted by Gasteiger charge is 2.40. The third-order valence-corrected chi connectivity index (χ3v) is 5.34. The predicted molar refractivity (Wildman–Crippen MR) is 97.9 cm³/mol. The van der Waals surface area contributed by atoms with Gasteiger partial charge >= 0.3 is 0 Å². The minimum atomic E-state index is -0.253. The number of methoxy groups -OCH3 is 1. The van der Waals surface area contributed by atoms with Crippen LogP contribution < -0.4 is 11.1 Å². The van der Waals surface area contributed by atoms with Gasteiger partial charge in [0.05, 0.1) is 5.41 Å². The molecule has 1 unspecified atom stereocenters. The van der Waals surface area contributed by atoms with Crippen LogP contribution in [0.2, 0.25) is 0 Å². The number of nitrogens with one attached hydrogen (secondary N) is 1. The number of hydrogen-bond acceptors (Lipinski definition) is 3. The van der Waals surface area contributed by atoms with Gasteiger partial charge in [-0.15, -0.1) is 0 Å². The molecule has 1 atom stereocenters. The highest BCUT2D eigenvalue weighted by molar-refractivity contribution is 5.83. The number of benzene rings is 1. The zero-order valence-electron chi connectivity index (χ0n) is 15.3. The lowest BCUT2D eigenvalue weighted by Crippen LogP contribution is -2.42. The fourth-order valence-electron chi connectivity index (χ4n) is 3.58. The molecule has 1 aromatic carbocycles. The molecule has 1 aliphatic carbocycles. The van der Waals surface area contributed by atoms with Gasteiger partial charge in [0.1, 0.15) is 0 Å². The van der Waals surface area contributed by atoms with Crippen molar-refractivity contribution in [2.24, 2.45) is 11.1 Å². The molecule has 1 aromatic rings. The largest absolute Gasteiger partial charge is 0.385 e. The average molecular weight is 332 g/mol. The first-order valence-electron chi connectivity index (χ1n) is 9.11. The quantitative estimate of drug-likeness (QED) is 0.765. The smallest absolute Gasteiger partial charge is 0.226 e. The van der Waals surface area contributed by atoms with Crippen molar-refractivity contribution in [2.45, 2.75) is 57.9 Å². The second kappa shape index (κ2) is 8.63. The fourth-order valence-corrected chi connectivity index (χ4v) is 3.58. The van der Waals surface area contributed by atoms with Gasteiger partial charge < -0.3 is 15.8 Å². The van der Waals surface area contributed by atoms with Crippen LogP contribution in [-0.4, -0.2) is 26.2 Å². The highest BCUT2D eigenvalue weighted by atomic mass is 16.5. The van der Waals surface area contributed by atoms with E-state index in [1.807, 2.05) is 0 Å². The van der Waals surface area contributed by atoms with Crippen LogP contribution in [0.3, 0.4) is 0 Å². The lowest BCUT2D eigenvalue weighted by atomic mass is 9.82. The van der Waals surface area contributed by atoms with E-state index in [2.05, 4.69) is 43.4 Å². The maximum atomic E-state index is 12.7. The van der Waals surface area contributed by atoms with E-state index < -0.39 is 0 Å². The summed E-state index contributed by atoms with van der Waals surface area (Å²) in [5.74, 6) is 0.657. The third kappa shape index (κ3) is 4.58. The molecule has 0 aromatic heterocycles. The van der Waals surface area contributed by atoms with Crippen molar-refractivity contribution in [3.8, 4) is 0 Å². The van der Waals surface area contributed by atoms with E-state index in [-0.39, 0.29) is 17.4 Å². The number of ether oxygens (including phenoxy) is 1. The Morgan fingerprint density at radius 1 is 1.21 bits per heavy atom. The van der Waals surface area contributed by atoms with Crippen molar-refractivity contribution in [2.75, 3.05) is 20.3 Å². The lowest BCUT2D eigenvalue weighted by molar-refractivity contribution is -0.132. The molecule has 3 N–H and O–H groups in total. The van der Waals surface area contributed by atoms with Crippen LogP contribution in [0.5, 0.6) is 0 Å². The van der Waals surface area contributed by atoms with Crippen molar-refractivity contribution in [3.05, 3.63) is 35.4 Å². The second-order valence-electron chi connectivity index (χ2n) is 7.37. The van der Waals surface area contributed by atoms with E-state index in [4.69, 9.17) is 10.5 Å². The number of rotatable bonds is 8. The van der Waals surface area contributed by atoms with Crippen molar-refractivity contribution in [3.63, 3.8) is 0 Å². The van der Waals surface area contributed by atoms with Gasteiger partial charge in [0, 0.05) is 26.3 Å². The second-order valence-corrected chi connectivity index (χ2v) is 7.37. The Kier molecular flexibility index (Phi) is 6.81. The fraction of sp³-hybridized carbons (Fsp3) is 0.650. The molecule has 0 bridgehead atoms. The molecule has 24 heavy (non-hydrogen) atoms. The van der Waals surface area contributed by atoms with E-state index in [0.717, 1.165) is 37.7 Å². The molecule has 0 spiro atoms. The molecule has 2 rings (SSSR count). The lowest BCUT2D eigenvalue weighted by Gasteiger charge is -2.28. The molecular weight excluding hydrogens is 300 g/mol. The van der Waals surface area contributed by atoms with E-state index in [1.165, 1.54) is 5.56 Å². The summed E-state index contributed by atoms with van der Waals surface area (Å²) in [7, 11) is 1.69. The molecule has 0 radical (unpaired) electrons. The SMILES string of the molecule is COCCC1(C(=O)NCC(N)c2ccc(C(C)C)cc2)CCCC1. The first kappa shape index (κ1) is 18.9. The summed E-state index contributed by atoms with van der Waals surface area (Å²) in [5, 5.41) is 3.09. The molecule has 0 saturated heterocycles. The molecule has 0 aliphatic heterocycles. The highest BCUT2D eigenvalue weighted by Crippen LogP contribution is 2.41. The maximum Gasteiger partial charge on any atom is 0.226 e. The van der Waals surface area contributed by atoms with Crippen molar-refractivity contribution < 1.29 is 9.53 Å². The van der Waals surface area contributed by atoms with Crippen LogP contribution in [0, 0.1) is 5.41 Å². The molecule has 4 heteroatoms. The molecule has 0 heterocycles. The Morgan fingerprint density at radius 2 is 1.79 bits per heavy atom. The van der Waals surface area contributed by atoms with E-state index in [1.54, 1.807) is 7.11 Å². The first-order chi connectivity index (χ1) is 11.5. The Morgan fingerprint density at radius 3 is 2.33 bits per heavy atom. The van der Waals surface area contributed by atoms with Crippen LogP contribution in [0.4, 0.5) is 0 Å². The van der Waals surface area contributed by atoms with Gasteiger partial charge in [-0.05, 0) is 36.3 Å². The topological polar surface area (TPSA) is 64.3 Å². The molecule has 1 amide bonds. The van der Waals surface area contributed by atoms with Gasteiger partial charge in [0.25, 0.3) is 0 Å². The van der Waals surface area contributed by atoms with Crippen LogP contribution in [0.25, 0.3) is 0 Å². The van der Waals surface area contributed by atoms with Gasteiger partial charge in [0.2, 0.25) is 5.91 Å². The van der Waals surface area contributed by atoms with Crippen LogP contribution in [0.1, 0.15) is 69.0 Å². The van der Waals surface area contributed by atoms with E-state index >= 15 is 0 Å². The van der Waals surface area contributed by atoms with Gasteiger partial charge in [0.15, 0.2) is 0 Å². The number of carbonyl (C=O) groups excluding carboxylic acids is 1. The summed E-state index contributed by atoms with van der Waals surface area (Å²) < 4.78 is 5.20. The summed E-state index contributed by atoms with van der Waals surface area (Å²) in [6.45, 7) is 5.47. The Balaban J connectivity index is 1.92. The van der Waals surface area contributed by atoms with Crippen molar-refractivity contribution >= 4 is 5.91 Å². The average Bonchev–Trinajstić information content (AvgIpc) is 3.07. The van der Waals surface area contributed by atoms with Gasteiger partial charge in [-0.2, -0.15) is 0 Å². The zero-order chi connectivity index (χ0) is 17.6. The number of hydrogen-bond donors (Lipinski definition) is 2. The number of amides is 1. The number of nitrogens with two attached hydrogens (primary N) is 1. The standard InChI is InChI=1S/C20H32N2O2/c1-15(2)16-6-8-17(9-7-16)18(21)14-22-19(23)20(12-13-24-3)10-4-5-11-20/h6-9,15,18H,4-5,10-14,21H2,1-3H3,(H,22,23). The van der Waals surface area contributed by atoms with Crippen LogP contribution >= 0.6 is 0 Å². The first-order valence-corrected chi connectivity index (χ1v) is 9.11. The molecular formula is C20H32N2O2. The summed E-state index contributed by atoms with van der Waals surface area (Å²) in [5.41, 5.74) is 8.39. The van der Waals surface area contributed by atoms with Crippen molar-refractivity contribution in [1.29, 1.82) is 0 Å². The Bertz CT molecular complexity index is 519. The van der Waals surface area contributed by atoms with Gasteiger partial charge in [-0.3, -0.25) is 4.79 Å². The molecule has 4 nitrogen and oxygen atoms in total. The predicted octanol–water partition coefficient (Wildman–Crippen LogP) is 3.52. The van der Waals surface area contributed by atoms with Crippen molar-refractivity contribution in [1.82, 2.24) is 5.32 Å². The maximum absolute atomic E-state index is 12.7. The van der Waals surface area contributed by atoms with Crippen LogP contribution in [-0.2, 0) is 9.53 Å². The Labute approximate surface area is 146 Å². The summed E-state index contributed by atoms with van der Waals surface area (Å²) in [6, 6.07) is 8.22. The molecule has 1 saturated carbocycles.